The Balaban J connectivity index is 1.52. The normalized spacial score (nSPS) is 11.4. The topological polar surface area (TPSA) is 59.4 Å². The monoisotopic (exact) mass is 473 g/mol. The van der Waals surface area contributed by atoms with Crippen LogP contribution in [0.3, 0.4) is 0 Å². The molecule has 0 spiro atoms. The lowest BCUT2D eigenvalue weighted by Gasteiger charge is -2.16. The van der Waals surface area contributed by atoms with Crippen molar-refractivity contribution in [1.29, 1.82) is 0 Å². The molecule has 0 aliphatic carbocycles. The zero-order valence-electron chi connectivity index (χ0n) is 16.8. The minimum absolute atomic E-state index is 0.0000441. The van der Waals surface area contributed by atoms with Crippen molar-refractivity contribution in [3.8, 4) is 27.3 Å². The molecule has 1 heterocycles. The highest BCUT2D eigenvalue weighted by atomic mass is 32.1. The third kappa shape index (κ3) is 5.04. The fourth-order valence-electron chi connectivity index (χ4n) is 3.20. The number of nitrogens with zero attached hydrogens (tertiary/aromatic N) is 1. The molecule has 0 unspecified atom stereocenters. The van der Waals surface area contributed by atoms with Gasteiger partial charge in [0.1, 0.15) is 18.2 Å². The van der Waals surface area contributed by atoms with Gasteiger partial charge in [-0.15, -0.1) is 11.3 Å². The fourth-order valence-corrected chi connectivity index (χ4v) is 3.96. The van der Waals surface area contributed by atoms with E-state index in [4.69, 9.17) is 9.84 Å². The van der Waals surface area contributed by atoms with Crippen LogP contribution >= 0.6 is 11.3 Å². The van der Waals surface area contributed by atoms with Crippen LogP contribution in [0.15, 0.2) is 72.9 Å². The molecule has 168 valence electrons. The predicted octanol–water partition coefficient (Wildman–Crippen LogP) is 6.91. The van der Waals surface area contributed by atoms with Crippen molar-refractivity contribution < 1.29 is 32.2 Å². The number of carbonyl (C=O) groups is 1. The van der Waals surface area contributed by atoms with Crippen LogP contribution in [0, 0.1) is 5.82 Å². The summed E-state index contributed by atoms with van der Waals surface area (Å²) in [5, 5.41) is 8.96. The van der Waals surface area contributed by atoms with E-state index >= 15 is 0 Å². The summed E-state index contributed by atoms with van der Waals surface area (Å²) in [5.41, 5.74) is 0.0781. The summed E-state index contributed by atoms with van der Waals surface area (Å²) in [5.74, 6) is -1.84. The summed E-state index contributed by atoms with van der Waals surface area (Å²) >= 11 is 1.04. The molecule has 0 saturated carbocycles. The quantitative estimate of drug-likeness (QED) is 0.309. The Morgan fingerprint density at radius 1 is 1.00 bits per heavy atom. The van der Waals surface area contributed by atoms with E-state index in [9.17, 15) is 22.4 Å². The van der Waals surface area contributed by atoms with Gasteiger partial charge in [0.05, 0.1) is 10.4 Å². The Morgan fingerprint density at radius 3 is 2.36 bits per heavy atom. The summed E-state index contributed by atoms with van der Waals surface area (Å²) in [6.07, 6.45) is -3.22. The van der Waals surface area contributed by atoms with E-state index in [-0.39, 0.29) is 28.5 Å². The van der Waals surface area contributed by atoms with Crippen LogP contribution in [0.4, 0.5) is 17.6 Å². The summed E-state index contributed by atoms with van der Waals surface area (Å²) in [7, 11) is 0. The van der Waals surface area contributed by atoms with Crippen molar-refractivity contribution in [2.75, 3.05) is 0 Å². The first-order chi connectivity index (χ1) is 15.7. The van der Waals surface area contributed by atoms with E-state index < -0.39 is 23.5 Å². The first-order valence-electron chi connectivity index (χ1n) is 9.60. The van der Waals surface area contributed by atoms with Crippen LogP contribution in [-0.2, 0) is 12.8 Å². The van der Waals surface area contributed by atoms with Gasteiger partial charge in [-0.05, 0) is 41.0 Å². The molecule has 0 saturated heterocycles. The van der Waals surface area contributed by atoms with Gasteiger partial charge in [0, 0.05) is 11.8 Å². The Labute approximate surface area is 189 Å². The van der Waals surface area contributed by atoms with Crippen molar-refractivity contribution >= 4 is 17.3 Å². The third-order valence-electron chi connectivity index (χ3n) is 4.79. The standard InChI is InChI=1S/C24H15F4NO3S/c25-20-4-2-1-3-18(20)17-10-9-16(11-19(17)24(26,27)28)32-13-14-5-7-15(8-6-14)21-12-29-22(33-21)23(30)31/h1-12H,13H2,(H,30,31). The molecule has 9 heteroatoms. The lowest BCUT2D eigenvalue weighted by atomic mass is 9.98. The van der Waals surface area contributed by atoms with E-state index in [2.05, 4.69) is 4.98 Å². The lowest BCUT2D eigenvalue weighted by Crippen LogP contribution is -2.08. The van der Waals surface area contributed by atoms with E-state index in [1.165, 1.54) is 36.5 Å². The minimum Gasteiger partial charge on any atom is -0.489 e. The van der Waals surface area contributed by atoms with Gasteiger partial charge in [-0.1, -0.05) is 42.5 Å². The van der Waals surface area contributed by atoms with Crippen molar-refractivity contribution in [2.45, 2.75) is 12.8 Å². The zero-order valence-corrected chi connectivity index (χ0v) is 17.6. The zero-order chi connectivity index (χ0) is 23.6. The maximum Gasteiger partial charge on any atom is 0.417 e. The number of thiazole rings is 1. The average molecular weight is 473 g/mol. The molecule has 0 amide bonds. The molecular weight excluding hydrogens is 458 g/mol. The van der Waals surface area contributed by atoms with Crippen LogP contribution < -0.4 is 4.74 Å². The lowest BCUT2D eigenvalue weighted by molar-refractivity contribution is -0.137. The van der Waals surface area contributed by atoms with Gasteiger partial charge in [0.25, 0.3) is 0 Å². The fraction of sp³-hybridized carbons (Fsp3) is 0.0833. The highest BCUT2D eigenvalue weighted by molar-refractivity contribution is 7.16. The second-order valence-corrected chi connectivity index (χ2v) is 8.04. The van der Waals surface area contributed by atoms with Crippen molar-refractivity contribution in [3.05, 3.63) is 94.9 Å². The second-order valence-electron chi connectivity index (χ2n) is 7.01. The molecule has 0 aliphatic rings. The molecule has 0 atom stereocenters. The van der Waals surface area contributed by atoms with Crippen molar-refractivity contribution in [1.82, 2.24) is 4.98 Å². The van der Waals surface area contributed by atoms with Crippen LogP contribution in [0.5, 0.6) is 5.75 Å². The molecule has 0 aliphatic heterocycles. The summed E-state index contributed by atoms with van der Waals surface area (Å²) < 4.78 is 60.6. The second kappa shape index (κ2) is 9.03. The van der Waals surface area contributed by atoms with Crippen LogP contribution in [0.2, 0.25) is 0 Å². The maximum atomic E-state index is 14.1. The number of aromatic carboxylic acids is 1. The van der Waals surface area contributed by atoms with Gasteiger partial charge in [-0.3, -0.25) is 0 Å². The number of benzene rings is 3. The highest BCUT2D eigenvalue weighted by Gasteiger charge is 2.34. The summed E-state index contributed by atoms with van der Waals surface area (Å²) in [6, 6.07) is 15.7. The molecule has 1 N–H and O–H groups in total. The maximum absolute atomic E-state index is 14.1. The van der Waals surface area contributed by atoms with Gasteiger partial charge in [0.2, 0.25) is 5.01 Å². The Morgan fingerprint density at radius 2 is 1.73 bits per heavy atom. The first-order valence-corrected chi connectivity index (χ1v) is 10.4. The molecule has 4 nitrogen and oxygen atoms in total. The number of ether oxygens (including phenoxy) is 1. The Bertz CT molecular complexity index is 1300. The van der Waals surface area contributed by atoms with Crippen LogP contribution in [0.1, 0.15) is 20.9 Å². The summed E-state index contributed by atoms with van der Waals surface area (Å²) in [6.45, 7) is 0.0136. The van der Waals surface area contributed by atoms with E-state index in [1.807, 2.05) is 0 Å². The number of carboxylic acids is 1. The molecular formula is C24H15F4NO3S. The van der Waals surface area contributed by atoms with Crippen LogP contribution in [0.25, 0.3) is 21.6 Å². The molecule has 3 aromatic carbocycles. The SMILES string of the molecule is O=C(O)c1ncc(-c2ccc(COc3ccc(-c4ccccc4F)c(C(F)(F)F)c3)cc2)s1. The molecule has 0 radical (unpaired) electrons. The number of rotatable bonds is 6. The number of hydrogen-bond donors (Lipinski definition) is 1. The van der Waals surface area contributed by atoms with Gasteiger partial charge in [-0.2, -0.15) is 13.2 Å². The van der Waals surface area contributed by atoms with Gasteiger partial charge in [0.15, 0.2) is 0 Å². The van der Waals surface area contributed by atoms with Gasteiger partial charge >= 0.3 is 12.1 Å². The molecule has 0 fully saturated rings. The third-order valence-corrected chi connectivity index (χ3v) is 5.83. The van der Waals surface area contributed by atoms with E-state index in [0.29, 0.717) is 10.4 Å². The molecule has 1 aromatic heterocycles. The Kier molecular flexibility index (Phi) is 6.15. The van der Waals surface area contributed by atoms with Crippen molar-refractivity contribution in [2.24, 2.45) is 0 Å². The molecule has 4 aromatic rings. The van der Waals surface area contributed by atoms with E-state index in [1.54, 1.807) is 24.3 Å². The number of carboxylic acid groups (broad SMARTS) is 1. The molecule has 33 heavy (non-hydrogen) atoms. The van der Waals surface area contributed by atoms with Crippen LogP contribution in [-0.4, -0.2) is 16.1 Å². The first kappa shape index (κ1) is 22.5. The number of aromatic nitrogens is 1. The van der Waals surface area contributed by atoms with Gasteiger partial charge < -0.3 is 9.84 Å². The van der Waals surface area contributed by atoms with Gasteiger partial charge in [-0.25, -0.2) is 14.2 Å². The summed E-state index contributed by atoms with van der Waals surface area (Å²) in [4.78, 5) is 15.5. The highest BCUT2D eigenvalue weighted by Crippen LogP contribution is 2.40. The number of halogens is 4. The smallest absolute Gasteiger partial charge is 0.417 e. The number of alkyl halides is 3. The molecule has 0 bridgehead atoms. The average Bonchev–Trinajstić information content (AvgIpc) is 3.29. The number of hydrogen-bond acceptors (Lipinski definition) is 4. The minimum atomic E-state index is -4.69. The molecule has 4 rings (SSSR count). The van der Waals surface area contributed by atoms with Crippen molar-refractivity contribution in [3.63, 3.8) is 0 Å². The van der Waals surface area contributed by atoms with E-state index in [0.717, 1.165) is 29.0 Å². The Hall–Kier alpha value is -3.72. The predicted molar refractivity (Wildman–Crippen MR) is 116 cm³/mol. The largest absolute Gasteiger partial charge is 0.489 e.